The van der Waals surface area contributed by atoms with E-state index in [1.165, 1.54) is 11.1 Å². The largest absolute Gasteiger partial charge is 0.394 e. The van der Waals surface area contributed by atoms with Gasteiger partial charge in [-0.05, 0) is 37.5 Å². The van der Waals surface area contributed by atoms with Gasteiger partial charge in [0, 0.05) is 12.2 Å². The second kappa shape index (κ2) is 6.37. The van der Waals surface area contributed by atoms with Crippen LogP contribution in [0.25, 0.3) is 0 Å². The van der Waals surface area contributed by atoms with Crippen LogP contribution in [0.1, 0.15) is 46.6 Å². The Balaban J connectivity index is 1.67. The van der Waals surface area contributed by atoms with Crippen LogP contribution < -0.4 is 5.32 Å². The standard InChI is InChI=1S/C18H23N3O3/c1-12-15(10-20-21(12)6-7-22)17(23)19-9-13-4-5-16-14(8-13)11-24-18(16,2)3/h4-5,8,10,22H,6-7,9,11H2,1-3H3,(H,19,23). The van der Waals surface area contributed by atoms with Crippen LogP contribution in [0, 0.1) is 6.92 Å². The summed E-state index contributed by atoms with van der Waals surface area (Å²) in [6.45, 7) is 7.40. The van der Waals surface area contributed by atoms with Gasteiger partial charge >= 0.3 is 0 Å². The lowest BCUT2D eigenvalue weighted by Crippen LogP contribution is -2.23. The molecule has 0 unspecified atom stereocenters. The van der Waals surface area contributed by atoms with Crippen LogP contribution >= 0.6 is 0 Å². The summed E-state index contributed by atoms with van der Waals surface area (Å²) >= 11 is 0. The maximum absolute atomic E-state index is 12.3. The molecule has 1 aliphatic rings. The van der Waals surface area contributed by atoms with E-state index < -0.39 is 0 Å². The number of hydrogen-bond donors (Lipinski definition) is 2. The highest BCUT2D eigenvalue weighted by atomic mass is 16.5. The number of benzene rings is 1. The van der Waals surface area contributed by atoms with E-state index in [0.29, 0.717) is 25.3 Å². The number of fused-ring (bicyclic) bond motifs is 1. The first-order valence-corrected chi connectivity index (χ1v) is 8.10. The number of nitrogens with one attached hydrogen (secondary N) is 1. The number of rotatable bonds is 5. The van der Waals surface area contributed by atoms with Crippen molar-refractivity contribution in [2.75, 3.05) is 6.61 Å². The Morgan fingerprint density at radius 2 is 2.25 bits per heavy atom. The van der Waals surface area contributed by atoms with Crippen molar-refractivity contribution in [3.05, 3.63) is 52.3 Å². The lowest BCUT2D eigenvalue weighted by molar-refractivity contribution is -0.00789. The molecule has 1 aromatic heterocycles. The monoisotopic (exact) mass is 329 g/mol. The van der Waals surface area contributed by atoms with Crippen molar-refractivity contribution in [3.8, 4) is 0 Å². The lowest BCUT2D eigenvalue weighted by atomic mass is 9.95. The second-order valence-corrected chi connectivity index (χ2v) is 6.56. The van der Waals surface area contributed by atoms with Crippen molar-refractivity contribution >= 4 is 5.91 Å². The number of aliphatic hydroxyl groups is 1. The summed E-state index contributed by atoms with van der Waals surface area (Å²) in [4.78, 5) is 12.3. The Morgan fingerprint density at radius 1 is 1.46 bits per heavy atom. The fourth-order valence-corrected chi connectivity index (χ4v) is 3.07. The zero-order chi connectivity index (χ0) is 17.3. The van der Waals surface area contributed by atoms with Gasteiger partial charge in [-0.3, -0.25) is 9.48 Å². The van der Waals surface area contributed by atoms with Crippen molar-refractivity contribution in [2.45, 2.75) is 46.1 Å². The van der Waals surface area contributed by atoms with Crippen LogP contribution in [-0.4, -0.2) is 27.4 Å². The van der Waals surface area contributed by atoms with Gasteiger partial charge < -0.3 is 15.2 Å². The van der Waals surface area contributed by atoms with E-state index in [4.69, 9.17) is 9.84 Å². The third-order valence-corrected chi connectivity index (χ3v) is 4.52. The van der Waals surface area contributed by atoms with Gasteiger partial charge in [0.1, 0.15) is 0 Å². The van der Waals surface area contributed by atoms with Crippen LogP contribution in [0.3, 0.4) is 0 Å². The molecule has 6 heteroatoms. The molecule has 2 heterocycles. The fraction of sp³-hybridized carbons (Fsp3) is 0.444. The molecule has 0 spiro atoms. The molecule has 0 aliphatic carbocycles. The van der Waals surface area contributed by atoms with Gasteiger partial charge in [-0.15, -0.1) is 0 Å². The van der Waals surface area contributed by atoms with Gasteiger partial charge in [0.05, 0.1) is 37.1 Å². The number of aromatic nitrogens is 2. The zero-order valence-electron chi connectivity index (χ0n) is 14.3. The van der Waals surface area contributed by atoms with E-state index in [2.05, 4.69) is 36.4 Å². The first-order valence-electron chi connectivity index (χ1n) is 8.10. The van der Waals surface area contributed by atoms with E-state index in [-0.39, 0.29) is 18.1 Å². The molecule has 128 valence electrons. The normalized spacial score (nSPS) is 15.3. The van der Waals surface area contributed by atoms with E-state index in [1.807, 2.05) is 13.0 Å². The van der Waals surface area contributed by atoms with Crippen molar-refractivity contribution in [1.82, 2.24) is 15.1 Å². The van der Waals surface area contributed by atoms with E-state index in [0.717, 1.165) is 11.3 Å². The molecule has 2 aromatic rings. The van der Waals surface area contributed by atoms with Gasteiger partial charge in [-0.1, -0.05) is 18.2 Å². The highest BCUT2D eigenvalue weighted by Gasteiger charge is 2.30. The smallest absolute Gasteiger partial charge is 0.255 e. The molecular weight excluding hydrogens is 306 g/mol. The Labute approximate surface area is 141 Å². The average molecular weight is 329 g/mol. The van der Waals surface area contributed by atoms with E-state index in [9.17, 15) is 4.79 Å². The minimum absolute atomic E-state index is 0.00285. The predicted molar refractivity (Wildman–Crippen MR) is 89.5 cm³/mol. The molecule has 0 saturated heterocycles. The quantitative estimate of drug-likeness (QED) is 0.878. The summed E-state index contributed by atoms with van der Waals surface area (Å²) < 4.78 is 7.41. The first-order chi connectivity index (χ1) is 11.4. The van der Waals surface area contributed by atoms with Crippen LogP contribution in [0.5, 0.6) is 0 Å². The molecule has 24 heavy (non-hydrogen) atoms. The highest BCUT2D eigenvalue weighted by molar-refractivity contribution is 5.94. The highest BCUT2D eigenvalue weighted by Crippen LogP contribution is 2.35. The molecular formula is C18H23N3O3. The number of carbonyl (C=O) groups is 1. The average Bonchev–Trinajstić information content (AvgIpc) is 3.06. The minimum Gasteiger partial charge on any atom is -0.394 e. The van der Waals surface area contributed by atoms with Gasteiger partial charge in [0.2, 0.25) is 0 Å². The molecule has 0 bridgehead atoms. The topological polar surface area (TPSA) is 76.4 Å². The van der Waals surface area contributed by atoms with Gasteiger partial charge in [-0.25, -0.2) is 0 Å². The summed E-state index contributed by atoms with van der Waals surface area (Å²) in [5, 5.41) is 16.0. The number of nitrogens with zero attached hydrogens (tertiary/aromatic N) is 2. The van der Waals surface area contributed by atoms with Gasteiger partial charge in [0.25, 0.3) is 5.91 Å². The molecule has 1 aromatic carbocycles. The minimum atomic E-state index is -0.241. The number of ether oxygens (including phenoxy) is 1. The Morgan fingerprint density at radius 3 is 3.00 bits per heavy atom. The number of hydrogen-bond acceptors (Lipinski definition) is 4. The molecule has 0 atom stereocenters. The lowest BCUT2D eigenvalue weighted by Gasteiger charge is -2.18. The SMILES string of the molecule is Cc1c(C(=O)NCc2ccc3c(c2)COC3(C)C)cnn1CCO. The van der Waals surface area contributed by atoms with Crippen LogP contribution in [0.4, 0.5) is 0 Å². The third kappa shape index (κ3) is 3.07. The summed E-state index contributed by atoms with van der Waals surface area (Å²) in [5.74, 6) is -0.159. The third-order valence-electron chi connectivity index (χ3n) is 4.52. The van der Waals surface area contributed by atoms with Crippen LogP contribution in [0.2, 0.25) is 0 Å². The van der Waals surface area contributed by atoms with Crippen molar-refractivity contribution in [3.63, 3.8) is 0 Å². The molecule has 1 aliphatic heterocycles. The molecule has 0 fully saturated rings. The van der Waals surface area contributed by atoms with E-state index in [1.54, 1.807) is 10.9 Å². The number of aliphatic hydroxyl groups excluding tert-OH is 1. The summed E-state index contributed by atoms with van der Waals surface area (Å²) in [6.07, 6.45) is 1.54. The maximum Gasteiger partial charge on any atom is 0.255 e. The Bertz CT molecular complexity index is 765. The summed E-state index contributed by atoms with van der Waals surface area (Å²) in [5.41, 5.74) is 4.48. The molecule has 3 rings (SSSR count). The zero-order valence-corrected chi connectivity index (χ0v) is 14.3. The number of amides is 1. The fourth-order valence-electron chi connectivity index (χ4n) is 3.07. The van der Waals surface area contributed by atoms with Gasteiger partial charge in [-0.2, -0.15) is 5.10 Å². The molecule has 2 N–H and O–H groups in total. The summed E-state index contributed by atoms with van der Waals surface area (Å²) in [7, 11) is 0. The van der Waals surface area contributed by atoms with Crippen LogP contribution in [0.15, 0.2) is 24.4 Å². The van der Waals surface area contributed by atoms with Crippen molar-refractivity contribution in [2.24, 2.45) is 0 Å². The Kier molecular flexibility index (Phi) is 4.43. The molecule has 0 radical (unpaired) electrons. The van der Waals surface area contributed by atoms with Crippen LogP contribution in [-0.2, 0) is 30.0 Å². The number of carbonyl (C=O) groups excluding carboxylic acids is 1. The molecule has 1 amide bonds. The molecule has 6 nitrogen and oxygen atoms in total. The summed E-state index contributed by atoms with van der Waals surface area (Å²) in [6, 6.07) is 6.19. The first kappa shape index (κ1) is 16.7. The second-order valence-electron chi connectivity index (χ2n) is 6.56. The van der Waals surface area contributed by atoms with E-state index >= 15 is 0 Å². The molecule has 0 saturated carbocycles. The van der Waals surface area contributed by atoms with Crippen molar-refractivity contribution in [1.29, 1.82) is 0 Å². The van der Waals surface area contributed by atoms with Gasteiger partial charge in [0.15, 0.2) is 0 Å². The predicted octanol–water partition coefficient (Wildman–Crippen LogP) is 1.88. The Hall–Kier alpha value is -2.18. The maximum atomic E-state index is 12.3. The van der Waals surface area contributed by atoms with Crippen molar-refractivity contribution < 1.29 is 14.6 Å².